The van der Waals surface area contributed by atoms with Gasteiger partial charge in [-0.1, -0.05) is 19.3 Å². The van der Waals surface area contributed by atoms with Crippen LogP contribution < -0.4 is 0 Å². The lowest BCUT2D eigenvalue weighted by Crippen LogP contribution is -2.12. The van der Waals surface area contributed by atoms with E-state index >= 15 is 0 Å². The Bertz CT molecular complexity index is 128. The molecule has 0 spiro atoms. The van der Waals surface area contributed by atoms with Crippen LogP contribution in [-0.2, 0) is 4.74 Å². The van der Waals surface area contributed by atoms with Crippen LogP contribution in [0.3, 0.4) is 0 Å². The van der Waals surface area contributed by atoms with Crippen molar-refractivity contribution in [2.24, 2.45) is 5.92 Å². The Morgan fingerprint density at radius 1 is 1.36 bits per heavy atom. The third-order valence-electron chi connectivity index (χ3n) is 2.45. The predicted octanol–water partition coefficient (Wildman–Crippen LogP) is 2.58. The maximum absolute atomic E-state index is 7.35. The van der Waals surface area contributed by atoms with Crippen molar-refractivity contribution in [2.45, 2.75) is 38.5 Å². The SMILES string of the molecule is COC(=N)CC1CCCCC1. The molecule has 0 unspecified atom stereocenters. The lowest BCUT2D eigenvalue weighted by molar-refractivity contribution is 0.325. The van der Waals surface area contributed by atoms with Gasteiger partial charge in [-0.25, -0.2) is 0 Å². The van der Waals surface area contributed by atoms with Gasteiger partial charge < -0.3 is 4.74 Å². The summed E-state index contributed by atoms with van der Waals surface area (Å²) in [5.74, 6) is 1.19. The summed E-state index contributed by atoms with van der Waals surface area (Å²) < 4.78 is 4.84. The van der Waals surface area contributed by atoms with Gasteiger partial charge >= 0.3 is 0 Å². The molecule has 2 heteroatoms. The number of nitrogens with one attached hydrogen (secondary N) is 1. The first kappa shape index (κ1) is 8.57. The van der Waals surface area contributed by atoms with E-state index in [-0.39, 0.29) is 0 Å². The van der Waals surface area contributed by atoms with E-state index in [1.165, 1.54) is 32.1 Å². The lowest BCUT2D eigenvalue weighted by atomic mass is 9.87. The molecule has 0 radical (unpaired) electrons. The van der Waals surface area contributed by atoms with Crippen molar-refractivity contribution in [1.29, 1.82) is 5.41 Å². The number of rotatable bonds is 2. The summed E-state index contributed by atoms with van der Waals surface area (Å²) in [6.45, 7) is 0. The Morgan fingerprint density at radius 2 is 2.00 bits per heavy atom. The molecule has 0 aromatic heterocycles. The van der Waals surface area contributed by atoms with Crippen LogP contribution in [0, 0.1) is 11.3 Å². The van der Waals surface area contributed by atoms with Crippen LogP contribution in [0.25, 0.3) is 0 Å². The van der Waals surface area contributed by atoms with E-state index < -0.39 is 0 Å². The van der Waals surface area contributed by atoms with Crippen molar-refractivity contribution in [2.75, 3.05) is 7.11 Å². The second kappa shape index (κ2) is 4.37. The first-order valence-electron chi connectivity index (χ1n) is 4.44. The van der Waals surface area contributed by atoms with Gasteiger partial charge in [-0.15, -0.1) is 0 Å². The molecule has 64 valence electrons. The van der Waals surface area contributed by atoms with Crippen LogP contribution in [0.5, 0.6) is 0 Å². The molecule has 1 N–H and O–H groups in total. The minimum atomic E-state index is 0.455. The number of methoxy groups -OCH3 is 1. The van der Waals surface area contributed by atoms with Gasteiger partial charge in [0.1, 0.15) is 0 Å². The molecular weight excluding hydrogens is 138 g/mol. The molecule has 0 atom stereocenters. The summed E-state index contributed by atoms with van der Waals surface area (Å²) in [6, 6.07) is 0. The molecule has 1 rings (SSSR count). The normalized spacial score (nSPS) is 19.7. The molecule has 1 aliphatic carbocycles. The van der Waals surface area contributed by atoms with Crippen LogP contribution in [0.15, 0.2) is 0 Å². The smallest absolute Gasteiger partial charge is 0.180 e. The summed E-state index contributed by atoms with van der Waals surface area (Å²) in [6.07, 6.45) is 7.54. The molecular formula is C9H17NO. The highest BCUT2D eigenvalue weighted by Crippen LogP contribution is 2.26. The van der Waals surface area contributed by atoms with E-state index in [0.717, 1.165) is 12.3 Å². The van der Waals surface area contributed by atoms with Crippen molar-refractivity contribution in [1.82, 2.24) is 0 Å². The van der Waals surface area contributed by atoms with E-state index in [0.29, 0.717) is 5.90 Å². The first-order chi connectivity index (χ1) is 5.33. The van der Waals surface area contributed by atoms with Crippen LogP contribution in [0.2, 0.25) is 0 Å². The largest absolute Gasteiger partial charge is 0.484 e. The third kappa shape index (κ3) is 2.91. The maximum Gasteiger partial charge on any atom is 0.180 e. The minimum Gasteiger partial charge on any atom is -0.484 e. The summed E-state index contributed by atoms with van der Waals surface area (Å²) in [5, 5.41) is 7.35. The van der Waals surface area contributed by atoms with Gasteiger partial charge in [0, 0.05) is 6.42 Å². The monoisotopic (exact) mass is 155 g/mol. The second-order valence-corrected chi connectivity index (χ2v) is 3.34. The van der Waals surface area contributed by atoms with E-state index in [9.17, 15) is 0 Å². The Balaban J connectivity index is 2.19. The number of ether oxygens (including phenoxy) is 1. The van der Waals surface area contributed by atoms with Crippen molar-refractivity contribution in [3.63, 3.8) is 0 Å². The zero-order chi connectivity index (χ0) is 8.10. The number of hydrogen-bond acceptors (Lipinski definition) is 2. The van der Waals surface area contributed by atoms with Gasteiger partial charge in [0.05, 0.1) is 7.11 Å². The number of hydrogen-bond donors (Lipinski definition) is 1. The van der Waals surface area contributed by atoms with Gasteiger partial charge in [0.15, 0.2) is 5.90 Å². The maximum atomic E-state index is 7.35. The van der Waals surface area contributed by atoms with Crippen molar-refractivity contribution in [3.8, 4) is 0 Å². The summed E-state index contributed by atoms with van der Waals surface area (Å²) >= 11 is 0. The van der Waals surface area contributed by atoms with Crippen molar-refractivity contribution < 1.29 is 4.74 Å². The Labute approximate surface area is 68.5 Å². The fourth-order valence-electron chi connectivity index (χ4n) is 1.74. The molecule has 11 heavy (non-hydrogen) atoms. The quantitative estimate of drug-likeness (QED) is 0.482. The molecule has 1 saturated carbocycles. The predicted molar refractivity (Wildman–Crippen MR) is 45.9 cm³/mol. The highest BCUT2D eigenvalue weighted by molar-refractivity contribution is 5.72. The van der Waals surface area contributed by atoms with Crippen LogP contribution >= 0.6 is 0 Å². The van der Waals surface area contributed by atoms with Gasteiger partial charge in [0.2, 0.25) is 0 Å². The van der Waals surface area contributed by atoms with Gasteiger partial charge in [-0.05, 0) is 18.8 Å². The molecule has 0 amide bonds. The Hall–Kier alpha value is -0.530. The van der Waals surface area contributed by atoms with Crippen molar-refractivity contribution >= 4 is 5.90 Å². The average molecular weight is 155 g/mol. The average Bonchev–Trinajstić information content (AvgIpc) is 2.06. The zero-order valence-corrected chi connectivity index (χ0v) is 7.23. The topological polar surface area (TPSA) is 33.1 Å². The van der Waals surface area contributed by atoms with E-state index in [2.05, 4.69) is 0 Å². The van der Waals surface area contributed by atoms with E-state index in [1.807, 2.05) is 0 Å². The van der Waals surface area contributed by atoms with E-state index in [1.54, 1.807) is 7.11 Å². The van der Waals surface area contributed by atoms with Gasteiger partial charge in [-0.3, -0.25) is 5.41 Å². The highest BCUT2D eigenvalue weighted by Gasteiger charge is 2.14. The standard InChI is InChI=1S/C9H17NO/c1-11-9(10)7-8-5-3-2-4-6-8/h8,10H,2-7H2,1H3. The fourth-order valence-corrected chi connectivity index (χ4v) is 1.74. The molecule has 0 aromatic carbocycles. The summed E-state index contributed by atoms with van der Waals surface area (Å²) in [4.78, 5) is 0. The molecule has 0 aliphatic heterocycles. The van der Waals surface area contributed by atoms with Gasteiger partial charge in [0.25, 0.3) is 0 Å². The molecule has 0 saturated heterocycles. The molecule has 0 heterocycles. The molecule has 0 aromatic rings. The first-order valence-corrected chi connectivity index (χ1v) is 4.44. The molecule has 2 nitrogen and oxygen atoms in total. The van der Waals surface area contributed by atoms with Crippen molar-refractivity contribution in [3.05, 3.63) is 0 Å². The second-order valence-electron chi connectivity index (χ2n) is 3.34. The Kier molecular flexibility index (Phi) is 3.40. The summed E-state index contributed by atoms with van der Waals surface area (Å²) in [5.41, 5.74) is 0. The van der Waals surface area contributed by atoms with Crippen LogP contribution in [0.4, 0.5) is 0 Å². The van der Waals surface area contributed by atoms with Gasteiger partial charge in [-0.2, -0.15) is 0 Å². The van der Waals surface area contributed by atoms with E-state index in [4.69, 9.17) is 10.1 Å². The summed E-state index contributed by atoms with van der Waals surface area (Å²) in [7, 11) is 1.59. The van der Waals surface area contributed by atoms with Crippen LogP contribution in [0.1, 0.15) is 38.5 Å². The molecule has 1 aliphatic rings. The zero-order valence-electron chi connectivity index (χ0n) is 7.23. The lowest BCUT2D eigenvalue weighted by Gasteiger charge is -2.20. The Morgan fingerprint density at radius 3 is 2.55 bits per heavy atom. The third-order valence-corrected chi connectivity index (χ3v) is 2.45. The fraction of sp³-hybridized carbons (Fsp3) is 0.889. The van der Waals surface area contributed by atoms with Crippen LogP contribution in [-0.4, -0.2) is 13.0 Å². The minimum absolute atomic E-state index is 0.455. The molecule has 1 fully saturated rings. The molecule has 0 bridgehead atoms. The highest BCUT2D eigenvalue weighted by atomic mass is 16.5.